The third-order valence-corrected chi connectivity index (χ3v) is 3.05. The van der Waals surface area contributed by atoms with Gasteiger partial charge in [-0.05, 0) is 30.9 Å². The van der Waals surface area contributed by atoms with Crippen LogP contribution in [-0.4, -0.2) is 32.6 Å². The molecule has 0 atom stereocenters. The van der Waals surface area contributed by atoms with Crippen molar-refractivity contribution in [1.29, 1.82) is 0 Å². The van der Waals surface area contributed by atoms with Gasteiger partial charge in [-0.3, -0.25) is 4.98 Å². The molecule has 0 saturated carbocycles. The molecule has 6 nitrogen and oxygen atoms in total. The highest BCUT2D eigenvalue weighted by molar-refractivity contribution is 5.88. The highest BCUT2D eigenvalue weighted by Crippen LogP contribution is 2.19. The maximum Gasteiger partial charge on any atom is 0.360 e. The van der Waals surface area contributed by atoms with Crippen molar-refractivity contribution in [3.63, 3.8) is 0 Å². The lowest BCUT2D eigenvalue weighted by molar-refractivity contribution is 0.0517. The number of ether oxygens (including phenoxy) is 1. The summed E-state index contributed by atoms with van der Waals surface area (Å²) in [6, 6.07) is 2.04. The van der Waals surface area contributed by atoms with E-state index < -0.39 is 5.97 Å². The molecule has 0 bridgehead atoms. The van der Waals surface area contributed by atoms with Crippen LogP contribution >= 0.6 is 0 Å². The molecule has 2 aromatic heterocycles. The first kappa shape index (κ1) is 15.2. The van der Waals surface area contributed by atoms with E-state index in [0.717, 1.165) is 16.8 Å². The van der Waals surface area contributed by atoms with Crippen LogP contribution in [0.4, 0.5) is 0 Å². The lowest BCUT2D eigenvalue weighted by Crippen LogP contribution is -2.13. The van der Waals surface area contributed by atoms with E-state index in [1.807, 2.05) is 26.8 Å². The van der Waals surface area contributed by atoms with Gasteiger partial charge in [-0.15, -0.1) is 5.10 Å². The molecule has 0 unspecified atom stereocenters. The first-order valence-electron chi connectivity index (χ1n) is 7.04. The first-order chi connectivity index (χ1) is 10.0. The van der Waals surface area contributed by atoms with Crippen LogP contribution in [0.3, 0.4) is 0 Å². The van der Waals surface area contributed by atoms with Crippen LogP contribution in [0.1, 0.15) is 54.0 Å². The molecule has 0 aliphatic rings. The molecule has 21 heavy (non-hydrogen) atoms. The molecule has 0 N–H and O–H groups in total. The largest absolute Gasteiger partial charge is 0.461 e. The second-order valence-corrected chi connectivity index (χ2v) is 5.23. The van der Waals surface area contributed by atoms with E-state index in [1.165, 1.54) is 0 Å². The van der Waals surface area contributed by atoms with Gasteiger partial charge in [0, 0.05) is 12.4 Å². The summed E-state index contributed by atoms with van der Waals surface area (Å²) < 4.78 is 6.78. The Morgan fingerprint density at radius 3 is 2.76 bits per heavy atom. The molecule has 0 saturated heterocycles. The van der Waals surface area contributed by atoms with Crippen LogP contribution in [0, 0.1) is 6.92 Å². The van der Waals surface area contributed by atoms with E-state index in [-0.39, 0.29) is 5.92 Å². The molecule has 6 heteroatoms. The minimum atomic E-state index is -0.421. The molecule has 0 amide bonds. The van der Waals surface area contributed by atoms with Crippen molar-refractivity contribution in [1.82, 2.24) is 20.0 Å². The number of hydrogen-bond acceptors (Lipinski definition) is 5. The number of pyridine rings is 1. The van der Waals surface area contributed by atoms with Crippen molar-refractivity contribution in [2.45, 2.75) is 40.2 Å². The Morgan fingerprint density at radius 2 is 2.14 bits per heavy atom. The van der Waals surface area contributed by atoms with Crippen molar-refractivity contribution in [2.24, 2.45) is 0 Å². The maximum atomic E-state index is 11.9. The van der Waals surface area contributed by atoms with E-state index in [4.69, 9.17) is 4.74 Å². The SMILES string of the molecule is CCOC(=O)c1nnn(Cc2cncc(C)c2)c1C(C)C. The summed E-state index contributed by atoms with van der Waals surface area (Å²) in [7, 11) is 0. The Morgan fingerprint density at radius 1 is 1.38 bits per heavy atom. The molecule has 2 heterocycles. The van der Waals surface area contributed by atoms with Gasteiger partial charge in [0.25, 0.3) is 0 Å². The normalized spacial score (nSPS) is 10.9. The minimum absolute atomic E-state index is 0.122. The van der Waals surface area contributed by atoms with E-state index in [1.54, 1.807) is 24.0 Å². The smallest absolute Gasteiger partial charge is 0.360 e. The zero-order valence-corrected chi connectivity index (χ0v) is 12.8. The number of carbonyl (C=O) groups is 1. The number of rotatable bonds is 5. The molecule has 2 aromatic rings. The van der Waals surface area contributed by atoms with Crippen molar-refractivity contribution in [3.8, 4) is 0 Å². The summed E-state index contributed by atoms with van der Waals surface area (Å²) in [5, 5.41) is 8.10. The third kappa shape index (κ3) is 3.45. The van der Waals surface area contributed by atoms with Crippen molar-refractivity contribution < 1.29 is 9.53 Å². The van der Waals surface area contributed by atoms with Gasteiger partial charge in [0.2, 0.25) is 0 Å². The van der Waals surface area contributed by atoms with Crippen LogP contribution in [0.5, 0.6) is 0 Å². The molecule has 0 radical (unpaired) electrons. The fraction of sp³-hybridized carbons (Fsp3) is 0.467. The molecule has 112 valence electrons. The summed E-state index contributed by atoms with van der Waals surface area (Å²) in [6.45, 7) is 8.64. The number of carbonyl (C=O) groups excluding carboxylic acids is 1. The Bertz CT molecular complexity index is 634. The number of esters is 1. The van der Waals surface area contributed by atoms with E-state index >= 15 is 0 Å². The van der Waals surface area contributed by atoms with Crippen LogP contribution in [0.15, 0.2) is 18.5 Å². The highest BCUT2D eigenvalue weighted by atomic mass is 16.5. The van der Waals surface area contributed by atoms with Gasteiger partial charge in [0.15, 0.2) is 5.69 Å². The molecule has 0 aliphatic carbocycles. The van der Waals surface area contributed by atoms with Crippen LogP contribution in [0.2, 0.25) is 0 Å². The second-order valence-electron chi connectivity index (χ2n) is 5.23. The lowest BCUT2D eigenvalue weighted by Gasteiger charge is -2.11. The van der Waals surface area contributed by atoms with Gasteiger partial charge >= 0.3 is 5.97 Å². The second kappa shape index (κ2) is 6.47. The molecule has 2 rings (SSSR count). The molecule has 0 aromatic carbocycles. The molecule has 0 fully saturated rings. The number of hydrogen-bond donors (Lipinski definition) is 0. The van der Waals surface area contributed by atoms with Gasteiger partial charge in [0.05, 0.1) is 18.8 Å². The predicted molar refractivity (Wildman–Crippen MR) is 78.1 cm³/mol. The first-order valence-corrected chi connectivity index (χ1v) is 7.04. The van der Waals surface area contributed by atoms with Gasteiger partial charge in [0.1, 0.15) is 0 Å². The van der Waals surface area contributed by atoms with Crippen LogP contribution in [-0.2, 0) is 11.3 Å². The quantitative estimate of drug-likeness (QED) is 0.790. The molecule has 0 aliphatic heterocycles. The molecular weight excluding hydrogens is 268 g/mol. The monoisotopic (exact) mass is 288 g/mol. The minimum Gasteiger partial charge on any atom is -0.461 e. The maximum absolute atomic E-state index is 11.9. The van der Waals surface area contributed by atoms with E-state index in [0.29, 0.717) is 18.8 Å². The van der Waals surface area contributed by atoms with E-state index in [9.17, 15) is 4.79 Å². The Hall–Kier alpha value is -2.24. The van der Waals surface area contributed by atoms with E-state index in [2.05, 4.69) is 15.3 Å². The summed E-state index contributed by atoms with van der Waals surface area (Å²) in [5.74, 6) is -0.299. The summed E-state index contributed by atoms with van der Waals surface area (Å²) >= 11 is 0. The van der Waals surface area contributed by atoms with Gasteiger partial charge < -0.3 is 4.74 Å². The zero-order valence-electron chi connectivity index (χ0n) is 12.8. The average Bonchev–Trinajstić information content (AvgIpc) is 2.83. The van der Waals surface area contributed by atoms with Gasteiger partial charge in [-0.1, -0.05) is 25.1 Å². The van der Waals surface area contributed by atoms with Gasteiger partial charge in [-0.25, -0.2) is 9.48 Å². The van der Waals surface area contributed by atoms with Crippen LogP contribution < -0.4 is 0 Å². The zero-order chi connectivity index (χ0) is 15.4. The topological polar surface area (TPSA) is 69.9 Å². The standard InChI is InChI=1S/C15H20N4O2/c1-5-21-15(20)13-14(10(2)3)19(18-17-13)9-12-6-11(4)7-16-8-12/h6-8,10H,5,9H2,1-4H3. The fourth-order valence-corrected chi connectivity index (χ4v) is 2.23. The Balaban J connectivity index is 2.34. The number of aryl methyl sites for hydroxylation is 1. The average molecular weight is 288 g/mol. The highest BCUT2D eigenvalue weighted by Gasteiger charge is 2.23. The fourth-order valence-electron chi connectivity index (χ4n) is 2.23. The lowest BCUT2D eigenvalue weighted by atomic mass is 10.1. The third-order valence-electron chi connectivity index (χ3n) is 3.05. The van der Waals surface area contributed by atoms with Crippen molar-refractivity contribution in [2.75, 3.05) is 6.61 Å². The summed E-state index contributed by atoms with van der Waals surface area (Å²) in [5.41, 5.74) is 3.20. The number of aromatic nitrogens is 4. The summed E-state index contributed by atoms with van der Waals surface area (Å²) in [4.78, 5) is 16.1. The molecular formula is C15H20N4O2. The Labute approximate surface area is 124 Å². The van der Waals surface area contributed by atoms with Crippen molar-refractivity contribution >= 4 is 5.97 Å². The van der Waals surface area contributed by atoms with Crippen LogP contribution in [0.25, 0.3) is 0 Å². The van der Waals surface area contributed by atoms with Crippen molar-refractivity contribution in [3.05, 3.63) is 41.0 Å². The van der Waals surface area contributed by atoms with Gasteiger partial charge in [-0.2, -0.15) is 0 Å². The summed E-state index contributed by atoms with van der Waals surface area (Å²) in [6.07, 6.45) is 3.60. The number of nitrogens with zero attached hydrogens (tertiary/aromatic N) is 4. The predicted octanol–water partition coefficient (Wildman–Crippen LogP) is 2.33. The molecule has 0 spiro atoms. The Kier molecular flexibility index (Phi) is 4.67.